The van der Waals surface area contributed by atoms with E-state index in [2.05, 4.69) is 360 Å². The number of fused-ring (bicyclic) bond motifs is 20. The molecule has 10 aromatic rings. The lowest BCUT2D eigenvalue weighted by Crippen LogP contribution is -2.29. The van der Waals surface area contributed by atoms with Crippen molar-refractivity contribution in [2.24, 2.45) is 35.5 Å². The summed E-state index contributed by atoms with van der Waals surface area (Å²) in [5, 5.41) is 46.4. The molecule has 19 rings (SSSR count). The molecule has 0 amide bonds. The predicted molar refractivity (Wildman–Crippen MR) is 489 cm³/mol. The van der Waals surface area contributed by atoms with Crippen LogP contribution in [0.1, 0.15) is 131 Å². The molecule has 0 unspecified atom stereocenters. The third-order valence-corrected chi connectivity index (χ3v) is 24.8. The van der Waals surface area contributed by atoms with E-state index in [0.717, 1.165) is 213 Å². The third kappa shape index (κ3) is 15.9. The van der Waals surface area contributed by atoms with Crippen molar-refractivity contribution in [2.75, 3.05) is 13.2 Å². The fourth-order valence-electron chi connectivity index (χ4n) is 19.1. The number of benzene rings is 10. The molecule has 0 saturated carbocycles. The molecule has 0 saturated heterocycles. The zero-order valence-electron chi connectivity index (χ0n) is 67.3. The third-order valence-electron chi connectivity index (χ3n) is 24.8. The van der Waals surface area contributed by atoms with Gasteiger partial charge in [0.1, 0.15) is 0 Å². The molecular formula is C115H90O3. The van der Waals surface area contributed by atoms with Gasteiger partial charge in [-0.2, -0.15) is 0 Å². The van der Waals surface area contributed by atoms with Crippen LogP contribution in [-0.2, 0) is 6.61 Å². The van der Waals surface area contributed by atoms with Crippen molar-refractivity contribution in [3.63, 3.8) is 0 Å². The van der Waals surface area contributed by atoms with Crippen LogP contribution in [-0.4, -0.2) is 28.5 Å². The summed E-state index contributed by atoms with van der Waals surface area (Å²) < 4.78 is 0. The van der Waals surface area contributed by atoms with Crippen molar-refractivity contribution in [1.82, 2.24) is 0 Å². The summed E-state index contributed by atoms with van der Waals surface area (Å²) in [5.74, 6) is 45.1. The minimum absolute atomic E-state index is 0.0100. The minimum Gasteiger partial charge on any atom is -0.392 e. The van der Waals surface area contributed by atoms with E-state index in [1.54, 1.807) is 0 Å². The molecule has 6 atom stereocenters. The molecule has 9 aliphatic rings. The van der Waals surface area contributed by atoms with Gasteiger partial charge in [0.25, 0.3) is 0 Å². The van der Waals surface area contributed by atoms with Crippen molar-refractivity contribution in [2.45, 2.75) is 98.5 Å². The van der Waals surface area contributed by atoms with Crippen LogP contribution in [0.15, 0.2) is 316 Å². The number of allylic oxidation sites excluding steroid dienone is 22. The summed E-state index contributed by atoms with van der Waals surface area (Å²) in [6, 6.07) is 62.8. The number of aliphatic hydroxyl groups excluding tert-OH is 3. The molecule has 0 aliphatic heterocycles. The van der Waals surface area contributed by atoms with Gasteiger partial charge >= 0.3 is 0 Å². The Kier molecular flexibility index (Phi) is 20.6. The van der Waals surface area contributed by atoms with Crippen LogP contribution in [0.25, 0.3) is 88.6 Å². The second-order valence-corrected chi connectivity index (χ2v) is 33.7. The maximum absolute atomic E-state index is 10.9. The molecule has 3 N–H and O–H groups in total. The fraction of sp³-hybridized carbons (Fsp3) is 0.200. The van der Waals surface area contributed by atoms with E-state index in [4.69, 9.17) is 0 Å². The SMILES string of the molecule is CC1=C[C@@H]2CC(=C1)C#CC1=c3cc4c(cccc4cc3=CCC1)C#Cc1cccc(c1)-c1cc(CO)cc(c1)-c1cccc(c1)C#Cc1cccc3cc4c(cc13)=C(C#CC1=CC(C)=C[C@@H](C1)C1=C[C@H](CC(CO)=C1)C1=C[C@H](C)CC(=C1)C#Cc1cccc3cc5cccc(c5cc13)C#CC1=CC(=C[C@@H](C)C1)[C@H]1C=C2C=C(CO)C1)CCC=4. The molecule has 0 fully saturated rings. The van der Waals surface area contributed by atoms with Gasteiger partial charge in [-0.15, -0.1) is 0 Å². The molecule has 0 radical (unpaired) electrons. The van der Waals surface area contributed by atoms with E-state index in [9.17, 15) is 15.3 Å². The maximum Gasteiger partial charge on any atom is 0.0682 e. The number of hydrogen-bond acceptors (Lipinski definition) is 3. The van der Waals surface area contributed by atoms with Crippen LogP contribution in [0, 0.1) is 107 Å². The standard InChI is InChI=1S/C115H90O3/c1-73-41-79-31-37-88-17-9-25-96-61-94-23-7-15-86(110(94)67-112(88)96)35-29-77-13-5-21-92(49-77)104-55-83(70-116)56-105(64-104)93-22-6-14-78(50-93)30-36-87-16-8-24-95-62-97-26-10-18-89(113(97)68-111(87)95)38-32-80-42-74(2)46-101(52-80)107-58-85(72-118)60-109(66-107)103-48-76(4)44-82(54-103)34-40-91-20-12-28-99-63-98-27-11-19-90(114(98)69-115(91)99)39-33-81-43-75(3)47-102(53-81)108-59-84(71-117)57-106(65-108)100(45-73)51-79/h5-8,11-16,19-28,41-42,45-50,53-58,61-69,75-76,100-101,108-109,116-118H,9-10,17-18,43-44,51-52,59-60,70-72H2,1-4H3/t75-,76+,100+,101-,108+,109-. The highest BCUT2D eigenvalue weighted by atomic mass is 16.3. The lowest BCUT2D eigenvalue weighted by Gasteiger charge is -2.29. The van der Waals surface area contributed by atoms with Crippen molar-refractivity contribution < 1.29 is 15.3 Å². The van der Waals surface area contributed by atoms with Gasteiger partial charge in [0, 0.05) is 90.5 Å². The summed E-state index contributed by atoms with van der Waals surface area (Å²) in [6.07, 6.45) is 41.3. The number of rotatable bonds is 3. The quantitative estimate of drug-likeness (QED) is 0.122. The van der Waals surface area contributed by atoms with Crippen molar-refractivity contribution in [3.8, 4) is 93.3 Å². The summed E-state index contributed by atoms with van der Waals surface area (Å²) in [5.41, 5.74) is 26.7. The molecule has 0 heterocycles. The molecule has 3 heteroatoms. The Morgan fingerprint density at radius 1 is 0.314 bits per heavy atom. The van der Waals surface area contributed by atoms with Crippen LogP contribution >= 0.6 is 0 Å². The molecule has 0 aromatic heterocycles. The summed E-state index contributed by atoms with van der Waals surface area (Å²) in [7, 11) is 0. The summed E-state index contributed by atoms with van der Waals surface area (Å²) in [4.78, 5) is 0. The Morgan fingerprint density at radius 2 is 0.703 bits per heavy atom. The molecule has 118 heavy (non-hydrogen) atoms. The van der Waals surface area contributed by atoms with E-state index in [1.165, 1.54) is 54.3 Å². The Bertz CT molecular complexity index is 6750. The Labute approximate surface area is 693 Å². The van der Waals surface area contributed by atoms with E-state index < -0.39 is 0 Å². The fourth-order valence-corrected chi connectivity index (χ4v) is 19.1. The van der Waals surface area contributed by atoms with Crippen molar-refractivity contribution in [3.05, 3.63) is 376 Å². The van der Waals surface area contributed by atoms with Crippen LogP contribution in [0.2, 0.25) is 0 Å². The van der Waals surface area contributed by atoms with Gasteiger partial charge in [-0.3, -0.25) is 0 Å². The summed E-state index contributed by atoms with van der Waals surface area (Å²) in [6.45, 7) is 8.89. The first-order chi connectivity index (χ1) is 57.8. The molecule has 9 aliphatic carbocycles. The zero-order chi connectivity index (χ0) is 79.9. The lowest BCUT2D eigenvalue weighted by atomic mass is 9.76. The molecule has 10 aromatic carbocycles. The topological polar surface area (TPSA) is 60.7 Å². The maximum atomic E-state index is 10.9. The second-order valence-electron chi connectivity index (χ2n) is 33.7. The minimum atomic E-state index is -0.102. The highest BCUT2D eigenvalue weighted by Crippen LogP contribution is 2.42. The van der Waals surface area contributed by atoms with Gasteiger partial charge in [0.05, 0.1) is 19.8 Å². The number of aliphatic hydroxyl groups is 3. The Hall–Kier alpha value is -13.2. The smallest absolute Gasteiger partial charge is 0.0682 e. The lowest BCUT2D eigenvalue weighted by molar-refractivity contribution is 0.282. The van der Waals surface area contributed by atoms with Crippen LogP contribution in [0.3, 0.4) is 0 Å². The van der Waals surface area contributed by atoms with Gasteiger partial charge in [0.2, 0.25) is 0 Å². The number of hydrogen-bond donors (Lipinski definition) is 3. The molecule has 568 valence electrons. The van der Waals surface area contributed by atoms with Gasteiger partial charge in [-0.05, 0) is 343 Å². The van der Waals surface area contributed by atoms with Gasteiger partial charge in [-0.25, -0.2) is 0 Å². The first-order valence-electron chi connectivity index (χ1n) is 42.0. The van der Waals surface area contributed by atoms with E-state index in [-0.39, 0.29) is 43.5 Å². The Morgan fingerprint density at radius 3 is 1.14 bits per heavy atom. The molecule has 3 nitrogen and oxygen atoms in total. The van der Waals surface area contributed by atoms with E-state index >= 15 is 0 Å². The highest BCUT2D eigenvalue weighted by molar-refractivity contribution is 6.03. The van der Waals surface area contributed by atoms with Crippen molar-refractivity contribution in [1.29, 1.82) is 0 Å². The average molecular weight is 1520 g/mol. The van der Waals surface area contributed by atoms with Gasteiger partial charge in [-0.1, -0.05) is 230 Å². The van der Waals surface area contributed by atoms with Crippen LogP contribution in [0.4, 0.5) is 0 Å². The molecule has 24 bridgehead atoms. The Balaban J connectivity index is 0.686. The van der Waals surface area contributed by atoms with E-state index in [0.29, 0.717) is 11.8 Å². The van der Waals surface area contributed by atoms with Gasteiger partial charge < -0.3 is 15.3 Å². The van der Waals surface area contributed by atoms with Crippen LogP contribution < -0.4 is 20.9 Å². The van der Waals surface area contributed by atoms with E-state index in [1.807, 2.05) is 0 Å². The molecular weight excluding hydrogens is 1430 g/mol. The first kappa shape index (κ1) is 74.9. The molecule has 0 spiro atoms. The van der Waals surface area contributed by atoms with Gasteiger partial charge in [0.15, 0.2) is 0 Å². The second kappa shape index (κ2) is 32.5. The monoisotopic (exact) mass is 1520 g/mol. The summed E-state index contributed by atoms with van der Waals surface area (Å²) >= 11 is 0. The average Bonchev–Trinajstić information content (AvgIpc) is 0.786. The zero-order valence-corrected chi connectivity index (χ0v) is 67.3. The largest absolute Gasteiger partial charge is 0.392 e. The normalized spacial score (nSPS) is 20.5. The first-order valence-corrected chi connectivity index (χ1v) is 42.0. The van der Waals surface area contributed by atoms with Crippen LogP contribution in [0.5, 0.6) is 0 Å². The van der Waals surface area contributed by atoms with Crippen molar-refractivity contribution >= 4 is 66.4 Å². The predicted octanol–water partition coefficient (Wildman–Crippen LogP) is 21.1. The highest BCUT2D eigenvalue weighted by Gasteiger charge is 2.29.